The molecule has 1 amide bonds. The molecule has 154 valence electrons. The first kappa shape index (κ1) is 20.7. The number of carbonyl (C=O) groups excluding carboxylic acids is 1. The highest BCUT2D eigenvalue weighted by Gasteiger charge is 2.32. The number of nitrogens with one attached hydrogen (secondary N) is 1. The second kappa shape index (κ2) is 8.58. The third kappa shape index (κ3) is 4.72. The van der Waals surface area contributed by atoms with Crippen molar-refractivity contribution in [3.63, 3.8) is 0 Å². The van der Waals surface area contributed by atoms with Crippen LogP contribution >= 0.6 is 0 Å². The molecule has 0 bridgehead atoms. The zero-order valence-corrected chi connectivity index (χ0v) is 16.6. The smallest absolute Gasteiger partial charge is 0.289 e. The molecule has 0 aliphatic carbocycles. The maximum absolute atomic E-state index is 12.5. The molecule has 9 nitrogen and oxygen atoms in total. The maximum atomic E-state index is 12.5. The Morgan fingerprint density at radius 2 is 1.90 bits per heavy atom. The molecule has 10 heteroatoms. The quantitative estimate of drug-likeness (QED) is 0.518. The van der Waals surface area contributed by atoms with Crippen LogP contribution in [-0.4, -0.2) is 38.9 Å². The summed E-state index contributed by atoms with van der Waals surface area (Å²) >= 11 is 0. The van der Waals surface area contributed by atoms with Crippen molar-refractivity contribution < 1.29 is 22.9 Å². The average Bonchev–Trinajstić information content (AvgIpc) is 3.08. The van der Waals surface area contributed by atoms with Gasteiger partial charge >= 0.3 is 0 Å². The topological polar surface area (TPSA) is 119 Å². The van der Waals surface area contributed by atoms with Crippen molar-refractivity contribution in [3.8, 4) is 5.75 Å². The molecule has 1 N–H and O–H groups in total. The highest BCUT2D eigenvalue weighted by molar-refractivity contribution is 7.89. The Kier molecular flexibility index (Phi) is 6.14. The number of nitro benzene ring substituents is 1. The van der Waals surface area contributed by atoms with Crippen molar-refractivity contribution in [1.82, 2.24) is 4.72 Å². The molecule has 0 saturated carbocycles. The number of anilines is 1. The van der Waals surface area contributed by atoms with Crippen LogP contribution in [0.5, 0.6) is 5.75 Å². The number of para-hydroxylation sites is 1. The lowest BCUT2D eigenvalue weighted by Crippen LogP contribution is -2.31. The molecule has 0 spiro atoms. The molecule has 3 rings (SSSR count). The molecule has 1 unspecified atom stereocenters. The number of rotatable bonds is 8. The lowest BCUT2D eigenvalue weighted by molar-refractivity contribution is -0.387. The van der Waals surface area contributed by atoms with Crippen molar-refractivity contribution in [2.24, 2.45) is 5.92 Å². The van der Waals surface area contributed by atoms with Gasteiger partial charge in [-0.25, -0.2) is 13.1 Å². The summed E-state index contributed by atoms with van der Waals surface area (Å²) in [7, 11) is -4.07. The molecule has 1 fully saturated rings. The Morgan fingerprint density at radius 3 is 2.55 bits per heavy atom. The second-order valence-electron chi connectivity index (χ2n) is 6.58. The van der Waals surface area contributed by atoms with Crippen LogP contribution in [0, 0.1) is 16.0 Å². The number of ether oxygens (including phenoxy) is 1. The summed E-state index contributed by atoms with van der Waals surface area (Å²) in [5.41, 5.74) is 0.223. The summed E-state index contributed by atoms with van der Waals surface area (Å²) in [6.45, 7) is 2.79. The van der Waals surface area contributed by atoms with Gasteiger partial charge in [0.05, 0.1) is 11.5 Å². The number of amides is 1. The Hall–Kier alpha value is -2.98. The summed E-state index contributed by atoms with van der Waals surface area (Å²) in [4.78, 5) is 23.9. The van der Waals surface area contributed by atoms with Crippen molar-refractivity contribution in [1.29, 1.82) is 0 Å². The number of nitro groups is 1. The minimum absolute atomic E-state index is 0.00759. The van der Waals surface area contributed by atoms with Crippen molar-refractivity contribution >= 4 is 27.3 Å². The van der Waals surface area contributed by atoms with Gasteiger partial charge in [-0.05, 0) is 43.2 Å². The Balaban J connectivity index is 1.66. The van der Waals surface area contributed by atoms with Crippen LogP contribution in [0.4, 0.5) is 11.4 Å². The number of nitrogens with zero attached hydrogens (tertiary/aromatic N) is 2. The lowest BCUT2D eigenvalue weighted by Gasteiger charge is -2.17. The fraction of sp³-hybridized carbons (Fsp3) is 0.316. The minimum Gasteiger partial charge on any atom is -0.494 e. The van der Waals surface area contributed by atoms with Gasteiger partial charge in [0.15, 0.2) is 4.90 Å². The van der Waals surface area contributed by atoms with Gasteiger partial charge in [-0.15, -0.1) is 0 Å². The van der Waals surface area contributed by atoms with Crippen molar-refractivity contribution in [2.75, 3.05) is 24.6 Å². The maximum Gasteiger partial charge on any atom is 0.289 e. The van der Waals surface area contributed by atoms with E-state index in [0.29, 0.717) is 24.6 Å². The van der Waals surface area contributed by atoms with E-state index in [0.717, 1.165) is 6.07 Å². The average molecular weight is 419 g/mol. The number of hydrogen-bond donors (Lipinski definition) is 1. The predicted octanol–water partition coefficient (Wildman–Crippen LogP) is 2.32. The monoisotopic (exact) mass is 419 g/mol. The van der Waals surface area contributed by atoms with Gasteiger partial charge in [-0.3, -0.25) is 14.9 Å². The van der Waals surface area contributed by atoms with Crippen LogP contribution in [0.15, 0.2) is 53.4 Å². The molecule has 1 aliphatic rings. The van der Waals surface area contributed by atoms with Crippen LogP contribution in [-0.2, 0) is 14.8 Å². The molecule has 2 aromatic carbocycles. The molecule has 0 aromatic heterocycles. The third-order valence-electron chi connectivity index (χ3n) is 4.58. The molecule has 1 aliphatic heterocycles. The van der Waals surface area contributed by atoms with Gasteiger partial charge in [0, 0.05) is 31.3 Å². The summed E-state index contributed by atoms with van der Waals surface area (Å²) in [5, 5.41) is 11.1. The first-order valence-electron chi connectivity index (χ1n) is 9.08. The zero-order valence-electron chi connectivity index (χ0n) is 15.8. The molecular weight excluding hydrogens is 398 g/mol. The largest absolute Gasteiger partial charge is 0.494 e. The highest BCUT2D eigenvalue weighted by atomic mass is 32.2. The van der Waals surface area contributed by atoms with E-state index >= 15 is 0 Å². The molecule has 0 radical (unpaired) electrons. The molecule has 1 heterocycles. The van der Waals surface area contributed by atoms with Gasteiger partial charge in [-0.2, -0.15) is 0 Å². The van der Waals surface area contributed by atoms with E-state index in [4.69, 9.17) is 4.74 Å². The molecule has 29 heavy (non-hydrogen) atoms. The SMILES string of the molecule is CCOc1ccc(N2CC(CNS(=O)(=O)c3ccccc3[N+](=O)[O-])CC2=O)cc1. The fourth-order valence-corrected chi connectivity index (χ4v) is 4.48. The Bertz CT molecular complexity index is 1010. The van der Waals surface area contributed by atoms with E-state index in [-0.39, 0.29) is 24.8 Å². The summed E-state index contributed by atoms with van der Waals surface area (Å²) < 4.78 is 32.8. The summed E-state index contributed by atoms with van der Waals surface area (Å²) in [5.74, 6) is 0.354. The van der Waals surface area contributed by atoms with Gasteiger partial charge in [-0.1, -0.05) is 12.1 Å². The third-order valence-corrected chi connectivity index (χ3v) is 6.05. The van der Waals surface area contributed by atoms with E-state index in [1.807, 2.05) is 6.92 Å². The molecule has 1 saturated heterocycles. The minimum atomic E-state index is -4.07. The first-order chi connectivity index (χ1) is 13.8. The molecular formula is C19H21N3O6S. The molecule has 1 atom stereocenters. The normalized spacial score (nSPS) is 16.8. The lowest BCUT2D eigenvalue weighted by atomic mass is 10.1. The van der Waals surface area contributed by atoms with Crippen LogP contribution in [0.2, 0.25) is 0 Å². The van der Waals surface area contributed by atoms with E-state index in [2.05, 4.69) is 4.72 Å². The number of benzene rings is 2. The van der Waals surface area contributed by atoms with Crippen LogP contribution < -0.4 is 14.4 Å². The van der Waals surface area contributed by atoms with E-state index in [1.54, 1.807) is 29.2 Å². The zero-order chi connectivity index (χ0) is 21.0. The van der Waals surface area contributed by atoms with Gasteiger partial charge in [0.2, 0.25) is 15.9 Å². The highest BCUT2D eigenvalue weighted by Crippen LogP contribution is 2.27. The van der Waals surface area contributed by atoms with Gasteiger partial charge in [0.1, 0.15) is 5.75 Å². The Morgan fingerprint density at radius 1 is 1.21 bits per heavy atom. The Labute approximate surface area is 168 Å². The van der Waals surface area contributed by atoms with Crippen molar-refractivity contribution in [3.05, 3.63) is 58.6 Å². The summed E-state index contributed by atoms with van der Waals surface area (Å²) in [6, 6.07) is 12.3. The molecule has 2 aromatic rings. The van der Waals surface area contributed by atoms with Crippen LogP contribution in [0.25, 0.3) is 0 Å². The summed E-state index contributed by atoms with van der Waals surface area (Å²) in [6.07, 6.45) is 0.187. The van der Waals surface area contributed by atoms with Gasteiger partial charge < -0.3 is 9.64 Å². The standard InChI is InChI=1S/C19H21N3O6S/c1-2-28-16-9-7-15(8-10-16)21-13-14(11-19(21)23)12-20-29(26,27)18-6-4-3-5-17(18)22(24)25/h3-10,14,20H,2,11-13H2,1H3. The number of sulfonamides is 1. The van der Waals surface area contributed by atoms with Crippen LogP contribution in [0.1, 0.15) is 13.3 Å². The van der Waals surface area contributed by atoms with E-state index < -0.39 is 25.5 Å². The fourth-order valence-electron chi connectivity index (χ4n) is 3.20. The van der Waals surface area contributed by atoms with E-state index in [1.165, 1.54) is 18.2 Å². The van der Waals surface area contributed by atoms with E-state index in [9.17, 15) is 23.3 Å². The van der Waals surface area contributed by atoms with Gasteiger partial charge in [0.25, 0.3) is 5.69 Å². The number of carbonyl (C=O) groups is 1. The van der Waals surface area contributed by atoms with Crippen LogP contribution in [0.3, 0.4) is 0 Å². The van der Waals surface area contributed by atoms with Crippen molar-refractivity contribution in [2.45, 2.75) is 18.2 Å². The first-order valence-corrected chi connectivity index (χ1v) is 10.6. The number of hydrogen-bond acceptors (Lipinski definition) is 6. The predicted molar refractivity (Wildman–Crippen MR) is 106 cm³/mol. The second-order valence-corrected chi connectivity index (χ2v) is 8.31.